The van der Waals surface area contributed by atoms with Crippen molar-refractivity contribution in [2.45, 2.75) is 234 Å². The molecule has 0 saturated carbocycles. The van der Waals surface area contributed by atoms with Crippen molar-refractivity contribution in [2.75, 3.05) is 69.3 Å². The molecule has 522 valence electrons. The van der Waals surface area contributed by atoms with E-state index in [0.29, 0.717) is 0 Å². The number of aliphatic hydroxyl groups excluding tert-OH is 1. The van der Waals surface area contributed by atoms with Gasteiger partial charge in [0.2, 0.25) is 59.1 Å². The summed E-state index contributed by atoms with van der Waals surface area (Å²) in [5, 5.41) is 33.2. The predicted octanol–water partition coefficient (Wildman–Crippen LogP) is 2.96. The molecule has 0 spiro atoms. The average Bonchev–Trinajstić information content (AvgIpc) is 0.888. The van der Waals surface area contributed by atoms with E-state index in [1.807, 2.05) is 41.5 Å². The third-order valence-corrected chi connectivity index (χ3v) is 18.2. The molecule has 1 saturated heterocycles. The second-order valence-electron chi connectivity index (χ2n) is 27.9. The minimum Gasteiger partial charge on any atom is -0.390 e. The third-order valence-electron chi connectivity index (χ3n) is 16.7. The first-order valence-electron chi connectivity index (χ1n) is 32.2. The number of hydrogen-bond donors (Lipinski definition) is 6. The standard InChI is InChI=1S/C65H118N12O13S/c1-27-29-30-41(13)52(78)51-56(82)68-44(28-2)58(84)77(26)64(91-35-70(18)19)63(89)74(23)48(34-65(16,17)90)55(81)69-49(39(9)10)61(87)71(20)45(31-36(3)4)54(80)66-42(14)53(79)67-43(15)57(83)72(21)46(32-37(5)6)59(85)73(22)47(33-38(7)8)60(86)75(24)50(40(11)12)62(88)76(51)25/h27,29,36-52,64,78,90H,28,30-35H2,1-26H3,(H,66,80)(H,67,79)(H,68,82)(H,69,81)/b29-27+. The van der Waals surface area contributed by atoms with Gasteiger partial charge in [-0.05, 0) is 116 Å². The van der Waals surface area contributed by atoms with E-state index >= 15 is 24.0 Å². The van der Waals surface area contributed by atoms with Gasteiger partial charge >= 0.3 is 0 Å². The largest absolute Gasteiger partial charge is 0.390 e. The Labute approximate surface area is 548 Å². The molecule has 0 aromatic carbocycles. The summed E-state index contributed by atoms with van der Waals surface area (Å²) in [6.07, 6.45) is 2.32. The van der Waals surface area contributed by atoms with E-state index < -0.39 is 160 Å². The lowest BCUT2D eigenvalue weighted by Crippen LogP contribution is -2.64. The van der Waals surface area contributed by atoms with Crippen LogP contribution in [0.15, 0.2) is 12.2 Å². The minimum absolute atomic E-state index is 0.0362. The van der Waals surface area contributed by atoms with E-state index in [-0.39, 0.29) is 62.2 Å². The number of allylic oxidation sites excluding steroid dienone is 2. The van der Waals surface area contributed by atoms with E-state index in [1.165, 1.54) is 96.6 Å². The van der Waals surface area contributed by atoms with Crippen LogP contribution in [0.25, 0.3) is 0 Å². The molecule has 1 fully saturated rings. The molecule has 1 rings (SSSR count). The molecular weight excluding hydrogens is 1190 g/mol. The van der Waals surface area contributed by atoms with E-state index in [9.17, 15) is 39.0 Å². The van der Waals surface area contributed by atoms with Crippen LogP contribution in [0.4, 0.5) is 0 Å². The molecule has 91 heavy (non-hydrogen) atoms. The van der Waals surface area contributed by atoms with Crippen LogP contribution in [0.5, 0.6) is 0 Å². The fraction of sp³-hybridized carbons (Fsp3) is 0.800. The Kier molecular flexibility index (Phi) is 33.9. The molecule has 13 atom stereocenters. The SMILES string of the molecule is C/C=C/CC(C)C(O)C1C(=O)NC(CC)C(=O)N(C)C(SCN(C)C)C(=O)N(C)C(CC(C)(C)O)C(=O)NC(C(C)C)C(=O)N(C)C(CC(C)C)C(=O)NC(C)C(=O)NC(C)C(=O)N(C)C(CC(C)C)C(=O)N(C)C(CC(C)C)C(=O)N(C)C(C(C)C)C(=O)N1C. The Hall–Kier alpha value is -5.86. The number of amides is 11. The van der Waals surface area contributed by atoms with E-state index in [2.05, 4.69) is 21.3 Å². The van der Waals surface area contributed by atoms with Gasteiger partial charge in [0.05, 0.1) is 11.7 Å². The van der Waals surface area contributed by atoms with Gasteiger partial charge in [0.25, 0.3) is 5.91 Å². The monoisotopic (exact) mass is 1310 g/mol. The summed E-state index contributed by atoms with van der Waals surface area (Å²) in [7, 11) is 13.3. The first-order valence-corrected chi connectivity index (χ1v) is 33.2. The maximum Gasteiger partial charge on any atom is 0.256 e. The molecule has 1 aliphatic rings. The summed E-state index contributed by atoms with van der Waals surface area (Å²) in [6.45, 7) is 28.8. The van der Waals surface area contributed by atoms with Gasteiger partial charge in [-0.15, -0.1) is 11.8 Å². The Morgan fingerprint density at radius 2 is 0.956 bits per heavy atom. The quantitative estimate of drug-likeness (QED) is 0.0850. The molecule has 1 heterocycles. The molecule has 13 unspecified atom stereocenters. The van der Waals surface area contributed by atoms with Crippen molar-refractivity contribution in [3.8, 4) is 0 Å². The number of nitrogens with zero attached hydrogens (tertiary/aromatic N) is 8. The first kappa shape index (κ1) is 83.2. The van der Waals surface area contributed by atoms with E-state index in [4.69, 9.17) is 0 Å². The lowest BCUT2D eigenvalue weighted by atomic mass is 9.91. The number of thioether (sulfide) groups is 1. The predicted molar refractivity (Wildman–Crippen MR) is 355 cm³/mol. The zero-order valence-electron chi connectivity index (χ0n) is 59.9. The fourth-order valence-corrected chi connectivity index (χ4v) is 12.2. The van der Waals surface area contributed by atoms with Crippen molar-refractivity contribution in [2.24, 2.45) is 35.5 Å². The number of likely N-dealkylation sites (N-methyl/N-ethyl adjacent to an activating group) is 7. The van der Waals surface area contributed by atoms with Crippen LogP contribution < -0.4 is 21.3 Å². The fourth-order valence-electron chi connectivity index (χ4n) is 11.1. The average molecular weight is 1310 g/mol. The maximum absolute atomic E-state index is 15.3. The first-order chi connectivity index (χ1) is 41.8. The van der Waals surface area contributed by atoms with Gasteiger partial charge in [-0.3, -0.25) is 52.7 Å². The van der Waals surface area contributed by atoms with E-state index in [0.717, 1.165) is 26.5 Å². The Morgan fingerprint density at radius 3 is 1.41 bits per heavy atom. The van der Waals surface area contributed by atoms with Crippen molar-refractivity contribution in [3.05, 3.63) is 12.2 Å². The van der Waals surface area contributed by atoms with Crippen LogP contribution >= 0.6 is 11.8 Å². The van der Waals surface area contributed by atoms with Crippen LogP contribution in [0.1, 0.15) is 156 Å². The van der Waals surface area contributed by atoms with Gasteiger partial charge in [-0.25, -0.2) is 0 Å². The highest BCUT2D eigenvalue weighted by atomic mass is 32.2. The Balaban J connectivity index is 4.54. The van der Waals surface area contributed by atoms with Gasteiger partial charge in [0.1, 0.15) is 60.4 Å². The molecule has 0 bridgehead atoms. The van der Waals surface area contributed by atoms with Crippen LogP contribution in [0.3, 0.4) is 0 Å². The smallest absolute Gasteiger partial charge is 0.256 e. The summed E-state index contributed by atoms with van der Waals surface area (Å²) in [5.74, 6) is -10.2. The minimum atomic E-state index is -1.66. The maximum atomic E-state index is 15.3. The molecule has 0 aliphatic carbocycles. The van der Waals surface area contributed by atoms with Crippen LogP contribution in [-0.4, -0.2) is 261 Å². The molecule has 0 aromatic heterocycles. The van der Waals surface area contributed by atoms with Gasteiger partial charge < -0.3 is 70.7 Å². The molecular formula is C65H118N12O13S. The number of rotatable bonds is 18. The topological polar surface area (TPSA) is 302 Å². The molecule has 1 aliphatic heterocycles. The lowest BCUT2D eigenvalue weighted by molar-refractivity contribution is -0.157. The number of hydrogen-bond acceptors (Lipinski definition) is 15. The van der Waals surface area contributed by atoms with E-state index in [1.54, 1.807) is 79.6 Å². The van der Waals surface area contributed by atoms with Gasteiger partial charge in [0, 0.05) is 61.6 Å². The molecule has 0 radical (unpaired) electrons. The highest BCUT2D eigenvalue weighted by molar-refractivity contribution is 8.00. The molecule has 6 N–H and O–H groups in total. The summed E-state index contributed by atoms with van der Waals surface area (Å²) in [4.78, 5) is 173. The second-order valence-corrected chi connectivity index (χ2v) is 28.9. The van der Waals surface area contributed by atoms with Crippen molar-refractivity contribution in [3.63, 3.8) is 0 Å². The Bertz CT molecular complexity index is 2510. The summed E-state index contributed by atoms with van der Waals surface area (Å²) in [6, 6.07) is -13.1. The van der Waals surface area contributed by atoms with Crippen LogP contribution in [0.2, 0.25) is 0 Å². The van der Waals surface area contributed by atoms with Gasteiger partial charge in [-0.2, -0.15) is 0 Å². The summed E-state index contributed by atoms with van der Waals surface area (Å²) >= 11 is 1.04. The molecule has 0 aromatic rings. The van der Waals surface area contributed by atoms with Crippen molar-refractivity contribution < 1.29 is 63.0 Å². The van der Waals surface area contributed by atoms with Crippen molar-refractivity contribution in [1.29, 1.82) is 0 Å². The second kappa shape index (κ2) is 37.1. The lowest BCUT2D eigenvalue weighted by Gasteiger charge is -2.41. The summed E-state index contributed by atoms with van der Waals surface area (Å²) in [5.41, 5.74) is -1.59. The zero-order valence-corrected chi connectivity index (χ0v) is 60.7. The molecule has 26 heteroatoms. The third kappa shape index (κ3) is 23.9. The van der Waals surface area contributed by atoms with Crippen LogP contribution in [0, 0.1) is 35.5 Å². The van der Waals surface area contributed by atoms with Crippen molar-refractivity contribution >= 4 is 76.7 Å². The molecule has 11 amide bonds. The number of nitrogens with one attached hydrogen (secondary N) is 4. The van der Waals surface area contributed by atoms with Gasteiger partial charge in [-0.1, -0.05) is 95.2 Å². The van der Waals surface area contributed by atoms with Crippen LogP contribution in [-0.2, 0) is 52.7 Å². The van der Waals surface area contributed by atoms with Crippen molar-refractivity contribution in [1.82, 2.24) is 60.5 Å². The summed E-state index contributed by atoms with van der Waals surface area (Å²) < 4.78 is 0. The molecule has 25 nitrogen and oxygen atoms in total. The highest BCUT2D eigenvalue weighted by Gasteiger charge is 2.47. The zero-order chi connectivity index (χ0) is 70.8. The highest BCUT2D eigenvalue weighted by Crippen LogP contribution is 2.28. The van der Waals surface area contributed by atoms with Gasteiger partial charge in [0.15, 0.2) is 5.37 Å². The number of carbonyl (C=O) groups excluding carboxylic acids is 11. The number of carbonyl (C=O) groups is 11. The normalized spacial score (nSPS) is 26.9. The Morgan fingerprint density at radius 1 is 0.516 bits per heavy atom. The number of aliphatic hydroxyl groups is 2.